The van der Waals surface area contributed by atoms with Crippen molar-refractivity contribution in [3.63, 3.8) is 0 Å². The van der Waals surface area contributed by atoms with Crippen molar-refractivity contribution in [2.75, 3.05) is 20.3 Å². The van der Waals surface area contributed by atoms with Crippen molar-refractivity contribution >= 4 is 27.3 Å². The molecule has 0 fully saturated rings. The molecule has 0 saturated heterocycles. The number of thiophene rings is 1. The van der Waals surface area contributed by atoms with Gasteiger partial charge in [0.2, 0.25) is 10.0 Å². The lowest BCUT2D eigenvalue weighted by atomic mass is 9.88. The van der Waals surface area contributed by atoms with Gasteiger partial charge in [0.1, 0.15) is 21.1 Å². The monoisotopic (exact) mass is 383 g/mol. The number of methoxy groups -OCH3 is 1. The molecule has 0 bridgehead atoms. The van der Waals surface area contributed by atoms with Crippen LogP contribution in [0.5, 0.6) is 5.75 Å². The number of para-hydroxylation sites is 1. The number of fused-ring (bicyclic) bond motifs is 1. The van der Waals surface area contributed by atoms with Gasteiger partial charge in [-0.05, 0) is 17.5 Å². The standard InChI is InChI=1S/C16H17NO6S2/c1-22-15(18)14-13(6-9-24-14)25(20,21)17-10-16(19)7-8-23-12-5-3-2-4-11(12)16/h2-6,9,17,19H,7-8,10H2,1H3/t16-/m0/s1. The van der Waals surface area contributed by atoms with Gasteiger partial charge in [-0.1, -0.05) is 18.2 Å². The van der Waals surface area contributed by atoms with Crippen molar-refractivity contribution in [1.29, 1.82) is 0 Å². The molecule has 0 saturated carbocycles. The quantitative estimate of drug-likeness (QED) is 0.759. The fourth-order valence-electron chi connectivity index (χ4n) is 2.67. The molecule has 0 unspecified atom stereocenters. The molecule has 134 valence electrons. The molecule has 9 heteroatoms. The Kier molecular flexibility index (Phi) is 4.83. The van der Waals surface area contributed by atoms with Crippen LogP contribution >= 0.6 is 11.3 Å². The Hall–Kier alpha value is -1.94. The first-order chi connectivity index (χ1) is 11.9. The Labute approximate surface area is 149 Å². The number of benzene rings is 1. The van der Waals surface area contributed by atoms with Crippen LogP contribution in [0.4, 0.5) is 0 Å². The zero-order valence-corrected chi connectivity index (χ0v) is 15.0. The lowest BCUT2D eigenvalue weighted by Crippen LogP contribution is -2.44. The summed E-state index contributed by atoms with van der Waals surface area (Å²) in [6, 6.07) is 8.29. The second kappa shape index (κ2) is 6.75. The highest BCUT2D eigenvalue weighted by molar-refractivity contribution is 7.89. The van der Waals surface area contributed by atoms with E-state index in [4.69, 9.17) is 4.74 Å². The Morgan fingerprint density at radius 3 is 2.92 bits per heavy atom. The summed E-state index contributed by atoms with van der Waals surface area (Å²) >= 11 is 0.982. The number of ether oxygens (including phenoxy) is 2. The minimum atomic E-state index is -3.98. The maximum Gasteiger partial charge on any atom is 0.349 e. The molecule has 3 rings (SSSR count). The van der Waals surface area contributed by atoms with Crippen LogP contribution in [0.1, 0.15) is 21.7 Å². The Balaban J connectivity index is 1.84. The van der Waals surface area contributed by atoms with Gasteiger partial charge in [-0.2, -0.15) is 0 Å². The first kappa shape index (κ1) is 17.9. The fraction of sp³-hybridized carbons (Fsp3) is 0.312. The van der Waals surface area contributed by atoms with Crippen LogP contribution in [-0.2, 0) is 20.4 Å². The van der Waals surface area contributed by atoms with E-state index >= 15 is 0 Å². The third-order valence-corrected chi connectivity index (χ3v) is 6.47. The van der Waals surface area contributed by atoms with E-state index in [0.29, 0.717) is 11.3 Å². The van der Waals surface area contributed by atoms with Crippen LogP contribution in [0, 0.1) is 0 Å². The van der Waals surface area contributed by atoms with Crippen LogP contribution in [0.2, 0.25) is 0 Å². The summed E-state index contributed by atoms with van der Waals surface area (Å²) in [5, 5.41) is 12.4. The van der Waals surface area contributed by atoms with Crippen molar-refractivity contribution in [3.05, 3.63) is 46.2 Å². The van der Waals surface area contributed by atoms with Gasteiger partial charge < -0.3 is 14.6 Å². The van der Waals surface area contributed by atoms with Gasteiger partial charge in [-0.25, -0.2) is 17.9 Å². The lowest BCUT2D eigenvalue weighted by Gasteiger charge is -2.34. The predicted molar refractivity (Wildman–Crippen MR) is 91.3 cm³/mol. The SMILES string of the molecule is COC(=O)c1sccc1S(=O)(=O)NC[C@@]1(O)CCOc2ccccc21. The van der Waals surface area contributed by atoms with E-state index in [-0.39, 0.29) is 29.3 Å². The molecular formula is C16H17NO6S2. The lowest BCUT2D eigenvalue weighted by molar-refractivity contribution is 0.00219. The maximum absolute atomic E-state index is 12.6. The smallest absolute Gasteiger partial charge is 0.349 e. The van der Waals surface area contributed by atoms with E-state index in [9.17, 15) is 18.3 Å². The molecule has 1 aromatic heterocycles. The van der Waals surface area contributed by atoms with Crippen molar-refractivity contribution in [2.24, 2.45) is 0 Å². The topological polar surface area (TPSA) is 102 Å². The third kappa shape index (κ3) is 3.40. The van der Waals surface area contributed by atoms with Crippen molar-refractivity contribution < 1.29 is 27.8 Å². The molecule has 1 aliphatic heterocycles. The van der Waals surface area contributed by atoms with Crippen LogP contribution in [-0.4, -0.2) is 39.8 Å². The molecule has 1 atom stereocenters. The van der Waals surface area contributed by atoms with E-state index in [1.54, 1.807) is 24.3 Å². The van der Waals surface area contributed by atoms with E-state index in [1.807, 2.05) is 0 Å². The molecule has 1 aromatic carbocycles. The van der Waals surface area contributed by atoms with E-state index in [0.717, 1.165) is 11.3 Å². The summed E-state index contributed by atoms with van der Waals surface area (Å²) in [6.07, 6.45) is 0.250. The molecule has 0 aliphatic carbocycles. The van der Waals surface area contributed by atoms with Gasteiger partial charge in [-0.15, -0.1) is 11.3 Å². The van der Waals surface area contributed by atoms with Crippen molar-refractivity contribution in [3.8, 4) is 5.75 Å². The molecule has 7 nitrogen and oxygen atoms in total. The van der Waals surface area contributed by atoms with Gasteiger partial charge in [0.05, 0.1) is 13.7 Å². The fourth-order valence-corrected chi connectivity index (χ4v) is 5.09. The van der Waals surface area contributed by atoms with Crippen LogP contribution in [0.3, 0.4) is 0 Å². The molecule has 1 aliphatic rings. The van der Waals surface area contributed by atoms with Gasteiger partial charge in [0, 0.05) is 18.5 Å². The number of sulfonamides is 1. The van der Waals surface area contributed by atoms with Crippen molar-refractivity contribution in [1.82, 2.24) is 4.72 Å². The average molecular weight is 383 g/mol. The Morgan fingerprint density at radius 2 is 2.16 bits per heavy atom. The number of hydrogen-bond donors (Lipinski definition) is 2. The normalized spacial score (nSPS) is 19.8. The molecule has 0 amide bonds. The molecule has 2 heterocycles. The summed E-state index contributed by atoms with van der Waals surface area (Å²) in [5.41, 5.74) is -0.855. The highest BCUT2D eigenvalue weighted by Crippen LogP contribution is 2.36. The third-order valence-electron chi connectivity index (χ3n) is 4.01. The number of carbonyl (C=O) groups is 1. The maximum atomic E-state index is 12.6. The second-order valence-corrected chi connectivity index (χ2v) is 8.21. The second-order valence-electron chi connectivity index (χ2n) is 5.56. The van der Waals surface area contributed by atoms with Crippen LogP contribution < -0.4 is 9.46 Å². The minimum Gasteiger partial charge on any atom is -0.493 e. The molecule has 0 spiro atoms. The van der Waals surface area contributed by atoms with Crippen LogP contribution in [0.25, 0.3) is 0 Å². The van der Waals surface area contributed by atoms with Crippen molar-refractivity contribution in [2.45, 2.75) is 16.9 Å². The average Bonchev–Trinajstić information content (AvgIpc) is 3.11. The van der Waals surface area contributed by atoms with Gasteiger partial charge in [0.15, 0.2) is 0 Å². The first-order valence-corrected chi connectivity index (χ1v) is 9.84. The Bertz CT molecular complexity index is 892. The van der Waals surface area contributed by atoms with Gasteiger partial charge in [-0.3, -0.25) is 0 Å². The summed E-state index contributed by atoms with van der Waals surface area (Å²) < 4.78 is 37.6. The van der Waals surface area contributed by atoms with Gasteiger partial charge in [0.25, 0.3) is 0 Å². The molecule has 2 N–H and O–H groups in total. The first-order valence-electron chi connectivity index (χ1n) is 7.47. The van der Waals surface area contributed by atoms with E-state index in [2.05, 4.69) is 9.46 Å². The number of esters is 1. The molecule has 25 heavy (non-hydrogen) atoms. The van der Waals surface area contributed by atoms with E-state index in [1.165, 1.54) is 18.6 Å². The largest absolute Gasteiger partial charge is 0.493 e. The van der Waals surface area contributed by atoms with Crippen LogP contribution in [0.15, 0.2) is 40.6 Å². The summed E-state index contributed by atoms with van der Waals surface area (Å²) in [6.45, 7) is 0.0489. The summed E-state index contributed by atoms with van der Waals surface area (Å²) in [4.78, 5) is 11.5. The minimum absolute atomic E-state index is 0.00522. The number of carbonyl (C=O) groups excluding carboxylic acids is 1. The van der Waals surface area contributed by atoms with E-state index < -0.39 is 21.6 Å². The molecular weight excluding hydrogens is 366 g/mol. The highest BCUT2D eigenvalue weighted by Gasteiger charge is 2.37. The summed E-state index contributed by atoms with van der Waals surface area (Å²) in [7, 11) is -2.80. The predicted octanol–water partition coefficient (Wildman–Crippen LogP) is 1.48. The number of aliphatic hydroxyl groups is 1. The zero-order chi connectivity index (χ0) is 18.1. The summed E-state index contributed by atoms with van der Waals surface area (Å²) in [5.74, 6) is -0.188. The number of hydrogen-bond acceptors (Lipinski definition) is 7. The Morgan fingerprint density at radius 1 is 1.40 bits per heavy atom. The zero-order valence-electron chi connectivity index (χ0n) is 13.4. The highest BCUT2D eigenvalue weighted by atomic mass is 32.2. The molecule has 2 aromatic rings. The number of rotatable bonds is 5. The van der Waals surface area contributed by atoms with Gasteiger partial charge >= 0.3 is 5.97 Å². The molecule has 0 radical (unpaired) electrons. The number of nitrogens with one attached hydrogen (secondary N) is 1.